The van der Waals surface area contributed by atoms with E-state index in [-0.39, 0.29) is 51.2 Å². The topological polar surface area (TPSA) is 219 Å². The van der Waals surface area contributed by atoms with Crippen LogP contribution in [0.1, 0.15) is 78.1 Å². The highest BCUT2D eigenvalue weighted by molar-refractivity contribution is 5.94. The van der Waals surface area contributed by atoms with Crippen molar-refractivity contribution in [3.8, 4) is 5.75 Å². The van der Waals surface area contributed by atoms with E-state index in [2.05, 4.69) is 31.3 Å². The van der Waals surface area contributed by atoms with Crippen molar-refractivity contribution in [1.82, 2.24) is 21.3 Å². The van der Waals surface area contributed by atoms with Gasteiger partial charge in [0.15, 0.2) is 12.0 Å². The van der Waals surface area contributed by atoms with Crippen LogP contribution in [0, 0.1) is 5.41 Å². The molecule has 0 bridgehead atoms. The molecule has 1 aromatic rings. The number of nitrogens with zero attached hydrogens (tertiary/aromatic N) is 3. The molecule has 0 heterocycles. The van der Waals surface area contributed by atoms with E-state index in [1.54, 1.807) is 59.7 Å². The Labute approximate surface area is 282 Å². The lowest BCUT2D eigenvalue weighted by Crippen LogP contribution is -2.49. The molecule has 16 heteroatoms. The van der Waals surface area contributed by atoms with Gasteiger partial charge in [-0.15, -0.1) is 0 Å². The summed E-state index contributed by atoms with van der Waals surface area (Å²) < 4.78 is 21.8. The second-order valence-electron chi connectivity index (χ2n) is 12.8. The zero-order valence-corrected chi connectivity index (χ0v) is 29.1. The number of ketones is 1. The van der Waals surface area contributed by atoms with Gasteiger partial charge < -0.3 is 40.2 Å². The van der Waals surface area contributed by atoms with Crippen molar-refractivity contribution in [3.05, 3.63) is 40.3 Å². The standard InChI is InChI=1S/C32H51N7O9/c1-22(40)34-14-9-8-13-25(37-30(44)48-32(5,6)7)29(43)36-16-15-35-28(42)23-11-10-12-24(19-23)47-21-27(38-39-33)46-18-17-45-20-26(41)31(2,3)4/h10-12,19,25,27H,8-9,13-18,20-21H2,1-7H3,(H,34,40)(H,35,42)(H,36,43)(H,37,44)/t25-,27?/m0/s1. The number of alkyl carbamates (subject to hydrolysis) is 1. The van der Waals surface area contributed by atoms with Crippen molar-refractivity contribution in [2.75, 3.05) is 46.1 Å². The maximum Gasteiger partial charge on any atom is 0.408 e. The van der Waals surface area contributed by atoms with Crippen molar-refractivity contribution < 1.29 is 42.9 Å². The summed E-state index contributed by atoms with van der Waals surface area (Å²) in [6.45, 7) is 12.6. The largest absolute Gasteiger partial charge is 0.491 e. The third kappa shape index (κ3) is 19.3. The van der Waals surface area contributed by atoms with Crippen LogP contribution < -0.4 is 26.0 Å². The lowest BCUT2D eigenvalue weighted by Gasteiger charge is -2.23. The third-order valence-electron chi connectivity index (χ3n) is 6.29. The molecule has 1 aromatic carbocycles. The van der Waals surface area contributed by atoms with Crippen LogP contribution in [0.15, 0.2) is 29.4 Å². The average Bonchev–Trinajstić information content (AvgIpc) is 2.99. The van der Waals surface area contributed by atoms with Crippen molar-refractivity contribution in [2.24, 2.45) is 10.5 Å². The number of hydrogen-bond donors (Lipinski definition) is 4. The van der Waals surface area contributed by atoms with E-state index >= 15 is 0 Å². The first-order valence-electron chi connectivity index (χ1n) is 15.8. The van der Waals surface area contributed by atoms with Gasteiger partial charge in [0.05, 0.1) is 13.2 Å². The Balaban J connectivity index is 2.58. The number of ether oxygens (including phenoxy) is 4. The molecule has 268 valence electrons. The van der Waals surface area contributed by atoms with Gasteiger partial charge in [-0.25, -0.2) is 4.79 Å². The SMILES string of the molecule is CC(=O)NCCCC[C@H](NC(=O)OC(C)(C)C)C(=O)NCCNC(=O)c1cccc(OCC(N=[N+]=[N-])OCCOCC(=O)C(C)(C)C)c1. The van der Waals surface area contributed by atoms with Gasteiger partial charge in [0.25, 0.3) is 5.91 Å². The Morgan fingerprint density at radius 3 is 2.29 bits per heavy atom. The Kier molecular flexibility index (Phi) is 18.6. The number of carbonyl (C=O) groups excluding carboxylic acids is 5. The van der Waals surface area contributed by atoms with Crippen molar-refractivity contribution in [2.45, 2.75) is 85.6 Å². The number of hydrogen-bond acceptors (Lipinski definition) is 10. The number of amides is 4. The normalized spacial score (nSPS) is 12.5. The van der Waals surface area contributed by atoms with Crippen LogP contribution in [0.25, 0.3) is 10.4 Å². The second kappa shape index (κ2) is 21.5. The summed E-state index contributed by atoms with van der Waals surface area (Å²) in [5.41, 5.74) is 7.91. The lowest BCUT2D eigenvalue weighted by molar-refractivity contribution is -0.132. The summed E-state index contributed by atoms with van der Waals surface area (Å²) in [7, 11) is 0. The van der Waals surface area contributed by atoms with Gasteiger partial charge in [0.1, 0.15) is 30.6 Å². The van der Waals surface area contributed by atoms with Crippen LogP contribution in [-0.4, -0.2) is 93.5 Å². The van der Waals surface area contributed by atoms with Crippen LogP contribution in [0.3, 0.4) is 0 Å². The lowest BCUT2D eigenvalue weighted by atomic mass is 9.91. The number of Topliss-reactive ketones (excluding diaryl/α,β-unsaturated/α-hetero) is 1. The molecule has 0 aromatic heterocycles. The highest BCUT2D eigenvalue weighted by atomic mass is 16.6. The van der Waals surface area contributed by atoms with E-state index in [0.29, 0.717) is 37.1 Å². The molecule has 0 fully saturated rings. The molecule has 48 heavy (non-hydrogen) atoms. The summed E-state index contributed by atoms with van der Waals surface area (Å²) in [5.74, 6) is -0.714. The van der Waals surface area contributed by atoms with Gasteiger partial charge in [0.2, 0.25) is 11.8 Å². The van der Waals surface area contributed by atoms with E-state index in [4.69, 9.17) is 24.5 Å². The van der Waals surface area contributed by atoms with E-state index in [1.165, 1.54) is 13.0 Å². The number of benzene rings is 1. The molecule has 0 aliphatic heterocycles. The zero-order chi connectivity index (χ0) is 36.2. The van der Waals surface area contributed by atoms with Crippen LogP contribution in [0.4, 0.5) is 4.79 Å². The summed E-state index contributed by atoms with van der Waals surface area (Å²) in [6, 6.07) is 5.46. The number of azide groups is 1. The number of nitrogens with one attached hydrogen (secondary N) is 4. The molecule has 0 spiro atoms. The highest BCUT2D eigenvalue weighted by Crippen LogP contribution is 2.16. The first kappa shape index (κ1) is 41.6. The molecular weight excluding hydrogens is 626 g/mol. The fourth-order valence-electron chi connectivity index (χ4n) is 3.73. The third-order valence-corrected chi connectivity index (χ3v) is 6.29. The monoisotopic (exact) mass is 677 g/mol. The maximum atomic E-state index is 12.9. The number of carbonyl (C=O) groups is 5. The predicted molar refractivity (Wildman–Crippen MR) is 177 cm³/mol. The van der Waals surface area contributed by atoms with Gasteiger partial charge >= 0.3 is 6.09 Å². The van der Waals surface area contributed by atoms with Crippen LogP contribution in [-0.2, 0) is 28.6 Å². The van der Waals surface area contributed by atoms with E-state index < -0.39 is 41.2 Å². The molecule has 1 unspecified atom stereocenters. The molecule has 2 atom stereocenters. The minimum atomic E-state index is -0.969. The Morgan fingerprint density at radius 1 is 0.938 bits per heavy atom. The molecule has 0 aliphatic carbocycles. The van der Waals surface area contributed by atoms with Gasteiger partial charge in [-0.05, 0) is 63.8 Å². The Bertz CT molecular complexity index is 1260. The number of unbranched alkanes of at least 4 members (excludes halogenated alkanes) is 1. The minimum absolute atomic E-state index is 0.0462. The zero-order valence-electron chi connectivity index (χ0n) is 29.1. The summed E-state index contributed by atoms with van der Waals surface area (Å²) in [5, 5.41) is 14.3. The van der Waals surface area contributed by atoms with Crippen molar-refractivity contribution in [1.29, 1.82) is 0 Å². The molecular formula is C32H51N7O9. The van der Waals surface area contributed by atoms with Crippen LogP contribution >= 0.6 is 0 Å². The van der Waals surface area contributed by atoms with Gasteiger partial charge in [0, 0.05) is 42.4 Å². The van der Waals surface area contributed by atoms with Gasteiger partial charge in [-0.2, -0.15) is 0 Å². The molecule has 0 saturated carbocycles. The van der Waals surface area contributed by atoms with Gasteiger partial charge in [-0.1, -0.05) is 32.0 Å². The average molecular weight is 678 g/mol. The molecule has 16 nitrogen and oxygen atoms in total. The molecule has 0 aliphatic rings. The first-order chi connectivity index (χ1) is 22.5. The van der Waals surface area contributed by atoms with Crippen molar-refractivity contribution >= 4 is 29.6 Å². The highest BCUT2D eigenvalue weighted by Gasteiger charge is 2.24. The molecule has 1 rings (SSSR count). The molecule has 4 N–H and O–H groups in total. The number of rotatable bonds is 21. The van der Waals surface area contributed by atoms with Crippen LogP contribution in [0.2, 0.25) is 0 Å². The second-order valence-corrected chi connectivity index (χ2v) is 12.8. The smallest absolute Gasteiger partial charge is 0.408 e. The Hall–Kier alpha value is -4.40. The molecule has 0 radical (unpaired) electrons. The molecule has 4 amide bonds. The van der Waals surface area contributed by atoms with Gasteiger partial charge in [-0.3, -0.25) is 19.2 Å². The first-order valence-corrected chi connectivity index (χ1v) is 15.8. The van der Waals surface area contributed by atoms with E-state index in [1.807, 2.05) is 0 Å². The van der Waals surface area contributed by atoms with E-state index in [0.717, 1.165) is 0 Å². The minimum Gasteiger partial charge on any atom is -0.491 e. The fourth-order valence-corrected chi connectivity index (χ4v) is 3.73. The summed E-state index contributed by atoms with van der Waals surface area (Å²) in [6.07, 6.45) is -0.193. The predicted octanol–water partition coefficient (Wildman–Crippen LogP) is 3.40. The van der Waals surface area contributed by atoms with Crippen LogP contribution in [0.5, 0.6) is 5.75 Å². The van der Waals surface area contributed by atoms with E-state index in [9.17, 15) is 24.0 Å². The Morgan fingerprint density at radius 2 is 1.65 bits per heavy atom. The maximum absolute atomic E-state index is 12.9. The van der Waals surface area contributed by atoms with Crippen molar-refractivity contribution in [3.63, 3.8) is 0 Å². The summed E-state index contributed by atoms with van der Waals surface area (Å²) >= 11 is 0. The summed E-state index contributed by atoms with van der Waals surface area (Å²) in [4.78, 5) is 63.7. The fraction of sp³-hybridized carbons (Fsp3) is 0.656. The quantitative estimate of drug-likeness (QED) is 0.0647. The molecule has 0 saturated heterocycles.